The second-order valence-electron chi connectivity index (χ2n) is 3.54. The zero-order valence-corrected chi connectivity index (χ0v) is 12.5. The first-order valence-corrected chi connectivity index (χ1v) is 7.47. The van der Waals surface area contributed by atoms with Gasteiger partial charge in [-0.3, -0.25) is 0 Å². The molecule has 2 rings (SSSR count). The van der Waals surface area contributed by atoms with Gasteiger partial charge < -0.3 is 4.74 Å². The molecule has 96 valence electrons. The summed E-state index contributed by atoms with van der Waals surface area (Å²) in [5.74, 6) is 0.772. The molecule has 0 bridgehead atoms. The molecule has 0 unspecified atom stereocenters. The Balaban J connectivity index is 1.86. The van der Waals surface area contributed by atoms with E-state index >= 15 is 0 Å². The molecule has 2 aromatic rings. The van der Waals surface area contributed by atoms with Gasteiger partial charge in [0.2, 0.25) is 0 Å². The fourth-order valence-corrected chi connectivity index (χ4v) is 2.71. The van der Waals surface area contributed by atoms with Crippen LogP contribution in [0.25, 0.3) is 0 Å². The van der Waals surface area contributed by atoms with Gasteiger partial charge in [-0.1, -0.05) is 0 Å². The van der Waals surface area contributed by atoms with Crippen LogP contribution in [0.4, 0.5) is 4.39 Å². The second kappa shape index (κ2) is 6.50. The molecule has 0 saturated heterocycles. The van der Waals surface area contributed by atoms with Gasteiger partial charge >= 0.3 is 0 Å². The average molecular weight is 351 g/mol. The van der Waals surface area contributed by atoms with Crippen LogP contribution in [0.5, 0.6) is 5.75 Å². The molecule has 0 atom stereocenters. The van der Waals surface area contributed by atoms with E-state index in [-0.39, 0.29) is 5.82 Å². The lowest BCUT2D eigenvalue weighted by Gasteiger charge is -2.05. The number of nitrogens with zero attached hydrogens (tertiary/aromatic N) is 1. The molecule has 1 heterocycles. The van der Waals surface area contributed by atoms with Gasteiger partial charge in [-0.2, -0.15) is 0 Å². The molecule has 0 aliphatic heterocycles. The highest BCUT2D eigenvalue weighted by molar-refractivity contribution is 9.10. The Kier molecular flexibility index (Phi) is 4.97. The van der Waals surface area contributed by atoms with Gasteiger partial charge in [0.05, 0.1) is 27.7 Å². The molecule has 0 fully saturated rings. The number of thiazole rings is 1. The first-order chi connectivity index (χ1) is 8.69. The van der Waals surface area contributed by atoms with Crippen LogP contribution >= 0.6 is 38.9 Å². The molecule has 0 N–H and O–H groups in total. The third kappa shape index (κ3) is 3.67. The summed E-state index contributed by atoms with van der Waals surface area (Å²) in [4.78, 5) is 4.33. The minimum absolute atomic E-state index is 0.297. The van der Waals surface area contributed by atoms with Gasteiger partial charge in [0.25, 0.3) is 0 Å². The summed E-state index contributed by atoms with van der Waals surface area (Å²) in [7, 11) is 0. The van der Waals surface area contributed by atoms with Crippen LogP contribution in [0.2, 0.25) is 0 Å². The molecule has 0 amide bonds. The number of benzene rings is 1. The lowest BCUT2D eigenvalue weighted by atomic mass is 10.3. The summed E-state index contributed by atoms with van der Waals surface area (Å²) < 4.78 is 18.9. The van der Waals surface area contributed by atoms with E-state index in [1.807, 2.05) is 5.38 Å². The molecule has 1 aromatic carbocycles. The van der Waals surface area contributed by atoms with Gasteiger partial charge in [-0.25, -0.2) is 9.37 Å². The van der Waals surface area contributed by atoms with Crippen molar-refractivity contribution in [3.63, 3.8) is 0 Å². The van der Waals surface area contributed by atoms with Crippen molar-refractivity contribution < 1.29 is 9.13 Å². The maximum atomic E-state index is 13.0. The number of hydrogen-bond acceptors (Lipinski definition) is 3. The predicted molar refractivity (Wildman–Crippen MR) is 75.0 cm³/mol. The van der Waals surface area contributed by atoms with Crippen molar-refractivity contribution in [3.05, 3.63) is 44.6 Å². The third-order valence-corrected chi connectivity index (χ3v) is 4.05. The van der Waals surface area contributed by atoms with Gasteiger partial charge in [0.1, 0.15) is 11.6 Å². The number of alkyl halides is 1. The molecule has 0 spiro atoms. The van der Waals surface area contributed by atoms with Crippen molar-refractivity contribution in [2.24, 2.45) is 0 Å². The van der Waals surface area contributed by atoms with E-state index < -0.39 is 0 Å². The molecular weight excluding hydrogens is 341 g/mol. The third-order valence-electron chi connectivity index (χ3n) is 2.21. The minimum Gasteiger partial charge on any atom is -0.493 e. The van der Waals surface area contributed by atoms with E-state index in [1.165, 1.54) is 6.07 Å². The maximum absolute atomic E-state index is 13.0. The van der Waals surface area contributed by atoms with E-state index in [0.717, 1.165) is 17.1 Å². The van der Waals surface area contributed by atoms with Crippen molar-refractivity contribution in [2.45, 2.75) is 12.3 Å². The molecule has 6 heteroatoms. The van der Waals surface area contributed by atoms with E-state index in [2.05, 4.69) is 20.9 Å². The fourth-order valence-electron chi connectivity index (χ4n) is 1.35. The van der Waals surface area contributed by atoms with E-state index in [4.69, 9.17) is 16.3 Å². The topological polar surface area (TPSA) is 22.1 Å². The Morgan fingerprint density at radius 3 is 2.94 bits per heavy atom. The normalized spacial score (nSPS) is 10.6. The second-order valence-corrected chi connectivity index (χ2v) is 5.60. The average Bonchev–Trinajstić information content (AvgIpc) is 2.82. The zero-order chi connectivity index (χ0) is 13.0. The number of ether oxygens (including phenoxy) is 1. The highest BCUT2D eigenvalue weighted by Gasteiger charge is 2.03. The monoisotopic (exact) mass is 349 g/mol. The van der Waals surface area contributed by atoms with Crippen molar-refractivity contribution in [1.29, 1.82) is 0 Å². The Hall–Kier alpha value is -0.650. The molecule has 0 aliphatic rings. The molecule has 0 aliphatic carbocycles. The first-order valence-electron chi connectivity index (χ1n) is 5.26. The largest absolute Gasteiger partial charge is 0.493 e. The molecule has 0 saturated carbocycles. The Labute approximate surface area is 122 Å². The Morgan fingerprint density at radius 2 is 2.28 bits per heavy atom. The van der Waals surface area contributed by atoms with Gasteiger partial charge in [-0.15, -0.1) is 22.9 Å². The van der Waals surface area contributed by atoms with Crippen LogP contribution in [-0.4, -0.2) is 11.6 Å². The van der Waals surface area contributed by atoms with E-state index in [9.17, 15) is 4.39 Å². The molecule has 18 heavy (non-hydrogen) atoms. The molecule has 0 radical (unpaired) electrons. The van der Waals surface area contributed by atoms with Crippen LogP contribution in [-0.2, 0) is 12.3 Å². The smallest absolute Gasteiger partial charge is 0.137 e. The lowest BCUT2D eigenvalue weighted by Crippen LogP contribution is -2.01. The van der Waals surface area contributed by atoms with Crippen LogP contribution < -0.4 is 4.74 Å². The van der Waals surface area contributed by atoms with Gasteiger partial charge in [0, 0.05) is 11.8 Å². The number of rotatable bonds is 5. The maximum Gasteiger partial charge on any atom is 0.137 e. The van der Waals surface area contributed by atoms with Crippen LogP contribution in [0.15, 0.2) is 28.1 Å². The minimum atomic E-state index is -0.297. The standard InChI is InChI=1S/C12H10BrClFNOS/c13-10-5-9(1-2-11(10)15)17-4-3-12-16-8(6-14)7-18-12/h1-2,5,7H,3-4,6H2. The molecule has 2 nitrogen and oxygen atoms in total. The summed E-state index contributed by atoms with van der Waals surface area (Å²) in [6, 6.07) is 4.59. The van der Waals surface area contributed by atoms with Gasteiger partial charge in [-0.05, 0) is 34.1 Å². The highest BCUT2D eigenvalue weighted by Crippen LogP contribution is 2.22. The first kappa shape index (κ1) is 13.8. The highest BCUT2D eigenvalue weighted by atomic mass is 79.9. The van der Waals surface area contributed by atoms with Crippen molar-refractivity contribution in [1.82, 2.24) is 4.98 Å². The zero-order valence-electron chi connectivity index (χ0n) is 9.33. The molecular formula is C12H10BrClFNOS. The van der Waals surface area contributed by atoms with Gasteiger partial charge in [0.15, 0.2) is 0 Å². The SMILES string of the molecule is Fc1ccc(OCCc2nc(CCl)cs2)cc1Br. The van der Waals surface area contributed by atoms with E-state index in [1.54, 1.807) is 23.5 Å². The fraction of sp³-hybridized carbons (Fsp3) is 0.250. The predicted octanol–water partition coefficient (Wildman–Crippen LogP) is 4.41. The van der Waals surface area contributed by atoms with Crippen molar-refractivity contribution in [3.8, 4) is 5.75 Å². The number of aromatic nitrogens is 1. The summed E-state index contributed by atoms with van der Waals surface area (Å²) in [6.45, 7) is 0.507. The van der Waals surface area contributed by atoms with Crippen LogP contribution in [0, 0.1) is 5.82 Å². The van der Waals surface area contributed by atoms with Crippen molar-refractivity contribution in [2.75, 3.05) is 6.61 Å². The summed E-state index contributed by atoms with van der Waals surface area (Å²) in [6.07, 6.45) is 0.719. The summed E-state index contributed by atoms with van der Waals surface area (Å²) in [5.41, 5.74) is 0.890. The number of halogens is 3. The van der Waals surface area contributed by atoms with Crippen molar-refractivity contribution >= 4 is 38.9 Å². The number of hydrogen-bond donors (Lipinski definition) is 0. The summed E-state index contributed by atoms with van der Waals surface area (Å²) in [5, 5.41) is 2.93. The van der Waals surface area contributed by atoms with Crippen LogP contribution in [0.1, 0.15) is 10.7 Å². The van der Waals surface area contributed by atoms with Crippen LogP contribution in [0.3, 0.4) is 0 Å². The van der Waals surface area contributed by atoms with E-state index in [0.29, 0.717) is 22.7 Å². The summed E-state index contributed by atoms with van der Waals surface area (Å²) >= 11 is 10.4. The quantitative estimate of drug-likeness (QED) is 0.745. The molecule has 1 aromatic heterocycles. The lowest BCUT2D eigenvalue weighted by molar-refractivity contribution is 0.321. The Morgan fingerprint density at radius 1 is 1.44 bits per heavy atom. The Bertz CT molecular complexity index is 535.